The zero-order valence-corrected chi connectivity index (χ0v) is 12.0. The summed E-state index contributed by atoms with van der Waals surface area (Å²) in [5.41, 5.74) is 6.31. The van der Waals surface area contributed by atoms with E-state index in [2.05, 4.69) is 0 Å². The zero-order valence-electron chi connectivity index (χ0n) is 12.0. The molecule has 1 fully saturated rings. The second kappa shape index (κ2) is 5.56. The molecule has 1 heterocycles. The molecule has 5 nitrogen and oxygen atoms in total. The maximum Gasteiger partial charge on any atom is 0.244 e. The lowest BCUT2D eigenvalue weighted by molar-refractivity contribution is -0.129. The van der Waals surface area contributed by atoms with Gasteiger partial charge in [0, 0.05) is 32.8 Å². The number of ether oxygens (including phenoxy) is 1. The molecule has 1 amide bonds. The first-order chi connectivity index (χ1) is 9.45. The number of likely N-dealkylation sites (N-methyl/N-ethyl adjacent to an activating group) is 1. The Bertz CT molecular complexity index is 519. The molecule has 1 aliphatic rings. The molecular weight excluding hydrogens is 261 g/mol. The molecule has 0 spiro atoms. The Morgan fingerprint density at radius 2 is 2.20 bits per heavy atom. The molecule has 0 aromatic heterocycles. The third-order valence-corrected chi connectivity index (χ3v) is 3.59. The molecule has 0 radical (unpaired) electrons. The molecule has 2 N–H and O–H groups in total. The van der Waals surface area contributed by atoms with Gasteiger partial charge < -0.3 is 20.3 Å². The number of hydrogen-bond donors (Lipinski definition) is 1. The largest absolute Gasteiger partial charge is 0.495 e. The molecule has 1 atom stereocenters. The standard InChI is InChI=1S/C14H20FN3O2/c1-17(2)14(19)11-5-4-6-18(11)12-8-13(20-3)10(16)7-9(12)15/h7-8,11H,4-6,16H2,1-3H3. The lowest BCUT2D eigenvalue weighted by Gasteiger charge is -2.28. The van der Waals surface area contributed by atoms with E-state index in [9.17, 15) is 9.18 Å². The third kappa shape index (κ3) is 2.50. The van der Waals surface area contributed by atoms with Gasteiger partial charge in [-0.2, -0.15) is 0 Å². The predicted octanol–water partition coefficient (Wildman–Crippen LogP) is 1.47. The van der Waals surface area contributed by atoms with E-state index in [1.54, 1.807) is 25.1 Å². The van der Waals surface area contributed by atoms with Crippen molar-refractivity contribution < 1.29 is 13.9 Å². The number of carbonyl (C=O) groups excluding carboxylic acids is 1. The number of carbonyl (C=O) groups is 1. The summed E-state index contributed by atoms with van der Waals surface area (Å²) in [4.78, 5) is 15.5. The minimum atomic E-state index is -0.429. The van der Waals surface area contributed by atoms with Crippen LogP contribution in [-0.2, 0) is 4.79 Å². The summed E-state index contributed by atoms with van der Waals surface area (Å²) < 4.78 is 19.3. The van der Waals surface area contributed by atoms with E-state index >= 15 is 0 Å². The Labute approximate surface area is 118 Å². The monoisotopic (exact) mass is 281 g/mol. The van der Waals surface area contributed by atoms with Gasteiger partial charge in [-0.25, -0.2) is 4.39 Å². The molecule has 1 unspecified atom stereocenters. The van der Waals surface area contributed by atoms with Gasteiger partial charge in [0.25, 0.3) is 0 Å². The number of anilines is 2. The summed E-state index contributed by atoms with van der Waals surface area (Å²) in [6, 6.07) is 2.48. The Balaban J connectivity index is 2.37. The van der Waals surface area contributed by atoms with Crippen LogP contribution in [0.3, 0.4) is 0 Å². The Morgan fingerprint density at radius 3 is 2.80 bits per heavy atom. The van der Waals surface area contributed by atoms with Crippen molar-refractivity contribution in [2.75, 3.05) is 38.4 Å². The van der Waals surface area contributed by atoms with E-state index in [0.717, 1.165) is 12.8 Å². The molecule has 6 heteroatoms. The average molecular weight is 281 g/mol. The van der Waals surface area contributed by atoms with Crippen molar-refractivity contribution in [3.05, 3.63) is 17.9 Å². The van der Waals surface area contributed by atoms with Crippen LogP contribution in [0, 0.1) is 5.82 Å². The summed E-state index contributed by atoms with van der Waals surface area (Å²) >= 11 is 0. The smallest absolute Gasteiger partial charge is 0.244 e. The first-order valence-corrected chi connectivity index (χ1v) is 6.56. The van der Waals surface area contributed by atoms with Crippen LogP contribution in [0.15, 0.2) is 12.1 Å². The van der Waals surface area contributed by atoms with Crippen molar-refractivity contribution in [2.45, 2.75) is 18.9 Å². The molecule has 1 aromatic carbocycles. The van der Waals surface area contributed by atoms with Crippen LogP contribution in [-0.4, -0.2) is 44.6 Å². The zero-order chi connectivity index (χ0) is 14.9. The molecule has 1 aliphatic heterocycles. The van der Waals surface area contributed by atoms with Crippen LogP contribution < -0.4 is 15.4 Å². The van der Waals surface area contributed by atoms with Gasteiger partial charge in [-0.1, -0.05) is 0 Å². The Morgan fingerprint density at radius 1 is 1.50 bits per heavy atom. The first kappa shape index (κ1) is 14.4. The highest BCUT2D eigenvalue weighted by Gasteiger charge is 2.33. The minimum absolute atomic E-state index is 0.0160. The number of nitrogens with zero attached hydrogens (tertiary/aromatic N) is 2. The molecular formula is C14H20FN3O2. The second-order valence-electron chi connectivity index (χ2n) is 5.13. The van der Waals surface area contributed by atoms with E-state index in [1.165, 1.54) is 18.1 Å². The predicted molar refractivity (Wildman–Crippen MR) is 76.4 cm³/mol. The number of hydrogen-bond acceptors (Lipinski definition) is 4. The lowest BCUT2D eigenvalue weighted by Crippen LogP contribution is -2.43. The second-order valence-corrected chi connectivity index (χ2v) is 5.13. The van der Waals surface area contributed by atoms with Crippen molar-refractivity contribution >= 4 is 17.3 Å². The highest BCUT2D eigenvalue weighted by Crippen LogP contribution is 2.34. The Hall–Kier alpha value is -1.98. The fraction of sp³-hybridized carbons (Fsp3) is 0.500. The van der Waals surface area contributed by atoms with Gasteiger partial charge in [-0.3, -0.25) is 4.79 Å². The fourth-order valence-corrected chi connectivity index (χ4v) is 2.56. The van der Waals surface area contributed by atoms with Crippen LogP contribution in [0.5, 0.6) is 5.75 Å². The molecule has 1 saturated heterocycles. The minimum Gasteiger partial charge on any atom is -0.495 e. The van der Waals surface area contributed by atoms with Crippen molar-refractivity contribution in [3.63, 3.8) is 0 Å². The maximum atomic E-state index is 14.2. The van der Waals surface area contributed by atoms with Gasteiger partial charge in [-0.05, 0) is 12.8 Å². The number of nitrogen functional groups attached to an aromatic ring is 1. The highest BCUT2D eigenvalue weighted by molar-refractivity contribution is 5.86. The van der Waals surface area contributed by atoms with Crippen LogP contribution >= 0.6 is 0 Å². The number of amides is 1. The lowest BCUT2D eigenvalue weighted by atomic mass is 10.1. The summed E-state index contributed by atoms with van der Waals surface area (Å²) in [6.45, 7) is 0.647. The van der Waals surface area contributed by atoms with Gasteiger partial charge in [-0.15, -0.1) is 0 Å². The van der Waals surface area contributed by atoms with Crippen LogP contribution in [0.4, 0.5) is 15.8 Å². The SMILES string of the molecule is COc1cc(N2CCCC2C(=O)N(C)C)c(F)cc1N. The van der Waals surface area contributed by atoms with Gasteiger partial charge in [0.2, 0.25) is 5.91 Å². The summed E-state index contributed by atoms with van der Waals surface area (Å²) in [5, 5.41) is 0. The number of methoxy groups -OCH3 is 1. The molecule has 0 bridgehead atoms. The normalized spacial score (nSPS) is 18.2. The number of rotatable bonds is 3. The molecule has 110 valence electrons. The molecule has 20 heavy (non-hydrogen) atoms. The van der Waals surface area contributed by atoms with Crippen molar-refractivity contribution in [2.24, 2.45) is 0 Å². The number of halogens is 1. The maximum absolute atomic E-state index is 14.2. The van der Waals surface area contributed by atoms with E-state index in [1.807, 2.05) is 0 Å². The van der Waals surface area contributed by atoms with Crippen LogP contribution in [0.25, 0.3) is 0 Å². The van der Waals surface area contributed by atoms with E-state index < -0.39 is 5.82 Å². The summed E-state index contributed by atoms with van der Waals surface area (Å²) in [7, 11) is 4.90. The molecule has 0 aliphatic carbocycles. The quantitative estimate of drug-likeness (QED) is 0.852. The van der Waals surface area contributed by atoms with E-state index in [4.69, 9.17) is 10.5 Å². The molecule has 0 saturated carbocycles. The van der Waals surface area contributed by atoms with Crippen molar-refractivity contribution in [1.29, 1.82) is 0 Å². The van der Waals surface area contributed by atoms with Gasteiger partial charge in [0.05, 0.1) is 18.5 Å². The topological polar surface area (TPSA) is 58.8 Å². The number of nitrogens with two attached hydrogens (primary N) is 1. The van der Waals surface area contributed by atoms with Gasteiger partial charge in [0.15, 0.2) is 0 Å². The van der Waals surface area contributed by atoms with Gasteiger partial charge >= 0.3 is 0 Å². The van der Waals surface area contributed by atoms with E-state index in [0.29, 0.717) is 18.0 Å². The van der Waals surface area contributed by atoms with Gasteiger partial charge in [0.1, 0.15) is 17.6 Å². The van der Waals surface area contributed by atoms with Crippen LogP contribution in [0.2, 0.25) is 0 Å². The molecule has 1 aromatic rings. The Kier molecular flexibility index (Phi) is 4.01. The highest BCUT2D eigenvalue weighted by atomic mass is 19.1. The third-order valence-electron chi connectivity index (χ3n) is 3.59. The average Bonchev–Trinajstić information content (AvgIpc) is 2.86. The first-order valence-electron chi connectivity index (χ1n) is 6.56. The molecule has 2 rings (SSSR count). The fourth-order valence-electron chi connectivity index (χ4n) is 2.56. The number of benzene rings is 1. The van der Waals surface area contributed by atoms with Crippen molar-refractivity contribution in [3.8, 4) is 5.75 Å². The van der Waals surface area contributed by atoms with Crippen molar-refractivity contribution in [1.82, 2.24) is 4.90 Å². The van der Waals surface area contributed by atoms with E-state index in [-0.39, 0.29) is 17.6 Å². The van der Waals surface area contributed by atoms with Crippen LogP contribution in [0.1, 0.15) is 12.8 Å². The summed E-state index contributed by atoms with van der Waals surface area (Å²) in [5.74, 6) is -0.0243. The summed E-state index contributed by atoms with van der Waals surface area (Å²) in [6.07, 6.45) is 1.58.